The lowest BCUT2D eigenvalue weighted by molar-refractivity contribution is -0.123. The highest BCUT2D eigenvalue weighted by Gasteiger charge is 2.35. The third kappa shape index (κ3) is 3.97. The molecule has 2 amide bonds. The Balaban J connectivity index is 1.87. The van der Waals surface area contributed by atoms with Gasteiger partial charge in [0.25, 0.3) is 11.1 Å². The van der Waals surface area contributed by atoms with Crippen molar-refractivity contribution in [2.45, 2.75) is 6.54 Å². The molecule has 0 aliphatic carbocycles. The lowest BCUT2D eigenvalue weighted by Gasteiger charge is -2.12. The summed E-state index contributed by atoms with van der Waals surface area (Å²) in [6.45, 7) is 0.212. The Hall–Kier alpha value is -1.77. The Kier molecular flexibility index (Phi) is 5.74. The fraction of sp³-hybridized carbons (Fsp3) is 0.111. The van der Waals surface area contributed by atoms with Crippen molar-refractivity contribution in [1.82, 2.24) is 4.90 Å². The summed E-state index contributed by atoms with van der Waals surface area (Å²) in [6, 6.07) is 10.7. The van der Waals surface area contributed by atoms with Crippen LogP contribution in [0.1, 0.15) is 11.1 Å². The van der Waals surface area contributed by atoms with E-state index in [4.69, 9.17) is 4.74 Å². The van der Waals surface area contributed by atoms with Crippen molar-refractivity contribution in [2.75, 3.05) is 7.11 Å². The summed E-state index contributed by atoms with van der Waals surface area (Å²) in [7, 11) is 1.44. The summed E-state index contributed by atoms with van der Waals surface area (Å²) >= 11 is 7.52. The second kappa shape index (κ2) is 7.85. The molecule has 1 N–H and O–H groups in total. The summed E-state index contributed by atoms with van der Waals surface area (Å²) in [6.07, 6.45) is 1.61. The van der Waals surface area contributed by atoms with E-state index < -0.39 is 0 Å². The predicted octanol–water partition coefficient (Wildman–Crippen LogP) is 5.16. The number of methoxy groups -OCH3 is 1. The summed E-state index contributed by atoms with van der Waals surface area (Å²) in [4.78, 5) is 26.4. The molecule has 5 nitrogen and oxygen atoms in total. The maximum absolute atomic E-state index is 12.6. The second-order valence-corrected chi connectivity index (χ2v) is 8.21. The molecular weight excluding hydrogens is 486 g/mol. The van der Waals surface area contributed by atoms with Crippen LogP contribution in [0.15, 0.2) is 50.2 Å². The lowest BCUT2D eigenvalue weighted by atomic mass is 10.1. The molecule has 2 aromatic rings. The van der Waals surface area contributed by atoms with Gasteiger partial charge < -0.3 is 9.84 Å². The van der Waals surface area contributed by atoms with Crippen molar-refractivity contribution in [3.8, 4) is 11.5 Å². The normalized spacial score (nSPS) is 15.8. The zero-order chi connectivity index (χ0) is 18.8. The molecule has 3 rings (SSSR count). The minimum Gasteiger partial charge on any atom is -0.503 e. The highest BCUT2D eigenvalue weighted by atomic mass is 79.9. The number of hydrogen-bond acceptors (Lipinski definition) is 5. The van der Waals surface area contributed by atoms with Gasteiger partial charge in [-0.1, -0.05) is 28.1 Å². The summed E-state index contributed by atoms with van der Waals surface area (Å²) in [5.41, 5.74) is 1.50. The Morgan fingerprint density at radius 3 is 2.69 bits per heavy atom. The van der Waals surface area contributed by atoms with Crippen LogP contribution in [0.4, 0.5) is 4.79 Å². The van der Waals surface area contributed by atoms with E-state index in [1.807, 2.05) is 24.3 Å². The van der Waals surface area contributed by atoms with Gasteiger partial charge in [0.2, 0.25) is 0 Å². The van der Waals surface area contributed by atoms with Crippen LogP contribution in [0.25, 0.3) is 6.08 Å². The van der Waals surface area contributed by atoms with Crippen molar-refractivity contribution < 1.29 is 19.4 Å². The van der Waals surface area contributed by atoms with Crippen LogP contribution in [0, 0.1) is 0 Å². The molecule has 1 aliphatic rings. The molecule has 0 spiro atoms. The van der Waals surface area contributed by atoms with Gasteiger partial charge in [0, 0.05) is 4.47 Å². The quantitative estimate of drug-likeness (QED) is 0.589. The maximum atomic E-state index is 12.6. The number of aromatic hydroxyl groups is 1. The number of halogens is 2. The molecule has 8 heteroatoms. The Morgan fingerprint density at radius 2 is 2.00 bits per heavy atom. The van der Waals surface area contributed by atoms with Crippen molar-refractivity contribution in [1.29, 1.82) is 0 Å². The van der Waals surface area contributed by atoms with Crippen molar-refractivity contribution in [2.24, 2.45) is 0 Å². The minimum absolute atomic E-state index is 0.0209. The average Bonchev–Trinajstić information content (AvgIpc) is 2.85. The SMILES string of the molecule is COc1cc(/C=C2/SC(=O)N(Cc3cccc(Br)c3)C2=O)cc(Br)c1O. The van der Waals surface area contributed by atoms with Crippen molar-refractivity contribution in [3.63, 3.8) is 0 Å². The minimum atomic E-state index is -0.344. The summed E-state index contributed by atoms with van der Waals surface area (Å²) < 4.78 is 6.44. The van der Waals surface area contributed by atoms with Gasteiger partial charge in [-0.05, 0) is 69.2 Å². The van der Waals surface area contributed by atoms with E-state index in [2.05, 4.69) is 31.9 Å². The smallest absolute Gasteiger partial charge is 0.293 e. The van der Waals surface area contributed by atoms with Crippen LogP contribution in [0.2, 0.25) is 0 Å². The number of imide groups is 1. The fourth-order valence-corrected chi connectivity index (χ4v) is 4.18. The first-order valence-electron chi connectivity index (χ1n) is 7.45. The first-order valence-corrected chi connectivity index (χ1v) is 9.85. The molecule has 1 fully saturated rings. The van der Waals surface area contributed by atoms with Crippen molar-refractivity contribution >= 4 is 60.8 Å². The standard InChI is InChI=1S/C18H13Br2NO4S/c1-25-14-7-11(6-13(20)16(14)22)8-15-17(23)21(18(24)26-15)9-10-3-2-4-12(19)5-10/h2-8,22H,9H2,1H3/b15-8+. The molecule has 1 heterocycles. The Morgan fingerprint density at radius 1 is 1.23 bits per heavy atom. The van der Waals surface area contributed by atoms with E-state index in [1.165, 1.54) is 12.0 Å². The van der Waals surface area contributed by atoms with Crippen LogP contribution in [0.5, 0.6) is 11.5 Å². The molecule has 0 radical (unpaired) electrons. The number of ether oxygens (including phenoxy) is 1. The fourth-order valence-electron chi connectivity index (χ4n) is 2.44. The molecule has 0 saturated carbocycles. The van der Waals surface area contributed by atoms with Gasteiger partial charge in [0.15, 0.2) is 11.5 Å². The third-order valence-electron chi connectivity index (χ3n) is 3.67. The first-order chi connectivity index (χ1) is 12.4. The van der Waals surface area contributed by atoms with Gasteiger partial charge in [-0.15, -0.1) is 0 Å². The number of phenolic OH excluding ortho intramolecular Hbond substituents is 1. The first kappa shape index (κ1) is 19.0. The average molecular weight is 499 g/mol. The van der Waals surface area contributed by atoms with Gasteiger partial charge >= 0.3 is 0 Å². The zero-order valence-corrected chi connectivity index (χ0v) is 17.5. The van der Waals surface area contributed by atoms with E-state index in [0.717, 1.165) is 21.8 Å². The topological polar surface area (TPSA) is 66.8 Å². The van der Waals surface area contributed by atoms with Crippen LogP contribution >= 0.6 is 43.6 Å². The highest BCUT2D eigenvalue weighted by molar-refractivity contribution is 9.10. The van der Waals surface area contributed by atoms with Gasteiger partial charge in [0.05, 0.1) is 23.0 Å². The van der Waals surface area contributed by atoms with Gasteiger partial charge in [-0.25, -0.2) is 0 Å². The highest BCUT2D eigenvalue weighted by Crippen LogP contribution is 2.38. The lowest BCUT2D eigenvalue weighted by Crippen LogP contribution is -2.27. The number of amides is 2. The predicted molar refractivity (Wildman–Crippen MR) is 108 cm³/mol. The monoisotopic (exact) mass is 497 g/mol. The number of thioether (sulfide) groups is 1. The molecule has 0 atom stereocenters. The van der Waals surface area contributed by atoms with E-state index in [1.54, 1.807) is 18.2 Å². The molecule has 2 aromatic carbocycles. The molecule has 0 bridgehead atoms. The molecule has 26 heavy (non-hydrogen) atoms. The van der Waals surface area contributed by atoms with Crippen LogP contribution in [-0.4, -0.2) is 28.3 Å². The number of hydrogen-bond donors (Lipinski definition) is 1. The maximum Gasteiger partial charge on any atom is 0.293 e. The Labute approximate surface area is 171 Å². The summed E-state index contributed by atoms with van der Waals surface area (Å²) in [5.74, 6) is -0.0884. The number of carbonyl (C=O) groups excluding carboxylic acids is 2. The van der Waals surface area contributed by atoms with Gasteiger partial charge in [-0.3, -0.25) is 14.5 Å². The van der Waals surface area contributed by atoms with Crippen LogP contribution in [0.3, 0.4) is 0 Å². The second-order valence-electron chi connectivity index (χ2n) is 5.45. The van der Waals surface area contributed by atoms with E-state index >= 15 is 0 Å². The molecule has 1 saturated heterocycles. The summed E-state index contributed by atoms with van der Waals surface area (Å²) in [5, 5.41) is 9.56. The van der Waals surface area contributed by atoms with Crippen LogP contribution in [-0.2, 0) is 11.3 Å². The number of nitrogens with zero attached hydrogens (tertiary/aromatic N) is 1. The molecule has 0 aromatic heterocycles. The number of rotatable bonds is 4. The third-order valence-corrected chi connectivity index (χ3v) is 5.68. The number of carbonyl (C=O) groups is 2. The molecule has 0 unspecified atom stereocenters. The van der Waals surface area contributed by atoms with E-state index in [9.17, 15) is 14.7 Å². The van der Waals surface area contributed by atoms with Crippen LogP contribution < -0.4 is 4.74 Å². The molecule has 134 valence electrons. The van der Waals surface area contributed by atoms with Crippen molar-refractivity contribution in [3.05, 3.63) is 61.4 Å². The van der Waals surface area contributed by atoms with E-state index in [-0.39, 0.29) is 29.2 Å². The molecular formula is C18H13Br2NO4S. The molecule has 1 aliphatic heterocycles. The largest absolute Gasteiger partial charge is 0.503 e. The van der Waals surface area contributed by atoms with E-state index in [0.29, 0.717) is 14.9 Å². The number of phenols is 1. The zero-order valence-electron chi connectivity index (χ0n) is 13.5. The Bertz CT molecular complexity index is 929. The number of benzene rings is 2. The van der Waals surface area contributed by atoms with Gasteiger partial charge in [-0.2, -0.15) is 0 Å². The van der Waals surface area contributed by atoms with Gasteiger partial charge in [0.1, 0.15) is 0 Å².